The largest absolute Gasteiger partial charge is 0.383 e. The molecule has 3 nitrogen and oxygen atoms in total. The SMILES string of the molecule is CCc1nc(-c2ccc(F)c(Cl)c2)c(N)n1CC. The van der Waals surface area contributed by atoms with E-state index in [0.29, 0.717) is 11.5 Å². The molecule has 0 amide bonds. The van der Waals surface area contributed by atoms with E-state index in [1.165, 1.54) is 6.07 Å². The van der Waals surface area contributed by atoms with Gasteiger partial charge < -0.3 is 10.3 Å². The Morgan fingerprint density at radius 3 is 2.61 bits per heavy atom. The molecule has 1 heterocycles. The number of benzene rings is 1. The summed E-state index contributed by atoms with van der Waals surface area (Å²) in [4.78, 5) is 4.50. The van der Waals surface area contributed by atoms with Crippen LogP contribution >= 0.6 is 11.6 Å². The number of nitrogens with two attached hydrogens (primary N) is 1. The van der Waals surface area contributed by atoms with Crippen molar-refractivity contribution < 1.29 is 4.39 Å². The number of anilines is 1. The number of halogens is 2. The smallest absolute Gasteiger partial charge is 0.141 e. The van der Waals surface area contributed by atoms with E-state index in [1.54, 1.807) is 12.1 Å². The molecule has 0 atom stereocenters. The second-order valence-corrected chi connectivity index (χ2v) is 4.40. The van der Waals surface area contributed by atoms with Crippen molar-refractivity contribution in [3.05, 3.63) is 34.9 Å². The Morgan fingerprint density at radius 1 is 1.39 bits per heavy atom. The van der Waals surface area contributed by atoms with E-state index in [-0.39, 0.29) is 5.02 Å². The van der Waals surface area contributed by atoms with E-state index in [0.717, 1.165) is 24.4 Å². The van der Waals surface area contributed by atoms with Crippen molar-refractivity contribution in [2.24, 2.45) is 0 Å². The van der Waals surface area contributed by atoms with Gasteiger partial charge in [-0.15, -0.1) is 0 Å². The lowest BCUT2D eigenvalue weighted by Crippen LogP contribution is -2.04. The van der Waals surface area contributed by atoms with Gasteiger partial charge in [-0.1, -0.05) is 18.5 Å². The van der Waals surface area contributed by atoms with Gasteiger partial charge in [0.05, 0.1) is 5.02 Å². The average molecular weight is 268 g/mol. The van der Waals surface area contributed by atoms with Crippen molar-refractivity contribution in [1.82, 2.24) is 9.55 Å². The Balaban J connectivity index is 2.56. The van der Waals surface area contributed by atoms with Crippen molar-refractivity contribution >= 4 is 17.4 Å². The van der Waals surface area contributed by atoms with Crippen LogP contribution in [-0.2, 0) is 13.0 Å². The minimum absolute atomic E-state index is 0.0796. The molecule has 0 aliphatic rings. The van der Waals surface area contributed by atoms with Crippen LogP contribution in [0.3, 0.4) is 0 Å². The Labute approximate surface area is 110 Å². The van der Waals surface area contributed by atoms with Gasteiger partial charge in [-0.05, 0) is 25.1 Å². The summed E-state index contributed by atoms with van der Waals surface area (Å²) in [5.41, 5.74) is 7.47. The maximum Gasteiger partial charge on any atom is 0.141 e. The van der Waals surface area contributed by atoms with Crippen LogP contribution in [0.2, 0.25) is 5.02 Å². The predicted octanol–water partition coefficient (Wildman–Crippen LogP) is 3.51. The Hall–Kier alpha value is -1.55. The minimum Gasteiger partial charge on any atom is -0.383 e. The van der Waals surface area contributed by atoms with Crippen LogP contribution in [-0.4, -0.2) is 9.55 Å². The van der Waals surface area contributed by atoms with Crippen LogP contribution < -0.4 is 5.73 Å². The molecule has 0 radical (unpaired) electrons. The van der Waals surface area contributed by atoms with Gasteiger partial charge in [0, 0.05) is 18.5 Å². The molecule has 0 unspecified atom stereocenters. The van der Waals surface area contributed by atoms with Gasteiger partial charge in [-0.25, -0.2) is 9.37 Å². The van der Waals surface area contributed by atoms with Crippen LogP contribution in [0.4, 0.5) is 10.2 Å². The Morgan fingerprint density at radius 2 is 2.11 bits per heavy atom. The number of hydrogen-bond donors (Lipinski definition) is 1. The number of aryl methyl sites for hydroxylation is 1. The quantitative estimate of drug-likeness (QED) is 0.925. The molecule has 2 aromatic rings. The zero-order valence-corrected chi connectivity index (χ0v) is 11.1. The lowest BCUT2D eigenvalue weighted by Gasteiger charge is -2.04. The topological polar surface area (TPSA) is 43.8 Å². The summed E-state index contributed by atoms with van der Waals surface area (Å²) in [6.07, 6.45) is 0.799. The van der Waals surface area contributed by atoms with E-state index in [2.05, 4.69) is 4.98 Å². The molecule has 1 aromatic carbocycles. The molecule has 0 saturated carbocycles. The van der Waals surface area contributed by atoms with Gasteiger partial charge in [-0.3, -0.25) is 0 Å². The van der Waals surface area contributed by atoms with Crippen LogP contribution in [0.5, 0.6) is 0 Å². The third kappa shape index (κ3) is 2.08. The highest BCUT2D eigenvalue weighted by molar-refractivity contribution is 6.31. The fourth-order valence-corrected chi connectivity index (χ4v) is 2.17. The van der Waals surface area contributed by atoms with Crippen molar-refractivity contribution in [3.63, 3.8) is 0 Å². The van der Waals surface area contributed by atoms with E-state index < -0.39 is 5.82 Å². The first kappa shape index (κ1) is 12.9. The van der Waals surface area contributed by atoms with Gasteiger partial charge in [-0.2, -0.15) is 0 Å². The molecule has 0 saturated heterocycles. The van der Waals surface area contributed by atoms with Gasteiger partial charge in [0.25, 0.3) is 0 Å². The maximum atomic E-state index is 13.1. The molecule has 0 bridgehead atoms. The van der Waals surface area contributed by atoms with Crippen LogP contribution in [0.25, 0.3) is 11.3 Å². The maximum absolute atomic E-state index is 13.1. The Kier molecular flexibility index (Phi) is 3.57. The fourth-order valence-electron chi connectivity index (χ4n) is 1.99. The van der Waals surface area contributed by atoms with Gasteiger partial charge >= 0.3 is 0 Å². The molecule has 0 fully saturated rings. The number of imidazole rings is 1. The molecule has 0 aliphatic heterocycles. The molecular weight excluding hydrogens is 253 g/mol. The molecule has 2 rings (SSSR count). The number of nitrogens with zero attached hydrogens (tertiary/aromatic N) is 2. The Bertz CT molecular complexity index is 578. The van der Waals surface area contributed by atoms with Crippen molar-refractivity contribution in [3.8, 4) is 11.3 Å². The number of hydrogen-bond acceptors (Lipinski definition) is 2. The fraction of sp³-hybridized carbons (Fsp3) is 0.308. The summed E-state index contributed by atoms with van der Waals surface area (Å²) in [6, 6.07) is 4.52. The molecule has 5 heteroatoms. The van der Waals surface area contributed by atoms with E-state index in [4.69, 9.17) is 17.3 Å². The second-order valence-electron chi connectivity index (χ2n) is 3.99. The lowest BCUT2D eigenvalue weighted by molar-refractivity contribution is 0.628. The van der Waals surface area contributed by atoms with E-state index >= 15 is 0 Å². The van der Waals surface area contributed by atoms with Crippen LogP contribution in [0.15, 0.2) is 18.2 Å². The van der Waals surface area contributed by atoms with Crippen LogP contribution in [0.1, 0.15) is 19.7 Å². The molecular formula is C13H15ClFN3. The molecule has 0 aliphatic carbocycles. The number of nitrogen functional groups attached to an aromatic ring is 1. The van der Waals surface area contributed by atoms with Gasteiger partial charge in [0.15, 0.2) is 0 Å². The summed E-state index contributed by atoms with van der Waals surface area (Å²) in [5.74, 6) is 1.08. The highest BCUT2D eigenvalue weighted by Gasteiger charge is 2.15. The zero-order chi connectivity index (χ0) is 13.3. The average Bonchev–Trinajstić information content (AvgIpc) is 2.69. The predicted molar refractivity (Wildman–Crippen MR) is 72.1 cm³/mol. The van der Waals surface area contributed by atoms with Crippen molar-refractivity contribution in [2.45, 2.75) is 26.8 Å². The summed E-state index contributed by atoms with van der Waals surface area (Å²) in [5, 5.41) is 0.0796. The van der Waals surface area contributed by atoms with E-state index in [1.807, 2.05) is 18.4 Å². The van der Waals surface area contributed by atoms with Crippen molar-refractivity contribution in [2.75, 3.05) is 5.73 Å². The highest BCUT2D eigenvalue weighted by Crippen LogP contribution is 2.29. The lowest BCUT2D eigenvalue weighted by atomic mass is 10.1. The summed E-state index contributed by atoms with van der Waals surface area (Å²) >= 11 is 5.78. The second kappa shape index (κ2) is 4.98. The number of aromatic nitrogens is 2. The standard InChI is InChI=1S/C13H15ClFN3/c1-3-11-17-12(13(16)18(11)4-2)8-5-6-10(15)9(14)7-8/h5-7H,3-4,16H2,1-2H3. The summed E-state index contributed by atoms with van der Waals surface area (Å²) < 4.78 is 15.1. The summed E-state index contributed by atoms with van der Waals surface area (Å²) in [6.45, 7) is 4.80. The molecule has 0 spiro atoms. The molecule has 18 heavy (non-hydrogen) atoms. The highest BCUT2D eigenvalue weighted by atomic mass is 35.5. The number of rotatable bonds is 3. The van der Waals surface area contributed by atoms with Crippen molar-refractivity contribution in [1.29, 1.82) is 0 Å². The van der Waals surface area contributed by atoms with E-state index in [9.17, 15) is 4.39 Å². The third-order valence-electron chi connectivity index (χ3n) is 2.91. The molecule has 1 aromatic heterocycles. The van der Waals surface area contributed by atoms with Crippen LogP contribution in [0, 0.1) is 5.82 Å². The first-order chi connectivity index (χ1) is 8.58. The molecule has 2 N–H and O–H groups in total. The summed E-state index contributed by atoms with van der Waals surface area (Å²) in [7, 11) is 0. The third-order valence-corrected chi connectivity index (χ3v) is 3.20. The monoisotopic (exact) mass is 267 g/mol. The first-order valence-corrected chi connectivity index (χ1v) is 6.26. The normalized spacial score (nSPS) is 10.9. The minimum atomic E-state index is -0.440. The van der Waals surface area contributed by atoms with Gasteiger partial charge in [0.1, 0.15) is 23.2 Å². The van der Waals surface area contributed by atoms with Gasteiger partial charge in [0.2, 0.25) is 0 Å². The molecule has 96 valence electrons. The zero-order valence-electron chi connectivity index (χ0n) is 10.4. The first-order valence-electron chi connectivity index (χ1n) is 5.88.